The summed E-state index contributed by atoms with van der Waals surface area (Å²) in [7, 11) is 0. The van der Waals surface area contributed by atoms with Crippen molar-refractivity contribution < 1.29 is 52.5 Å². The third-order valence-electron chi connectivity index (χ3n) is 4.30. The maximum absolute atomic E-state index is 13.4. The number of fused-ring (bicyclic) bond motifs is 1. The zero-order valence-electron chi connectivity index (χ0n) is 15.2. The number of Topliss-reactive ketones (excluding diaryl/α,β-unsaturated/α-hetero) is 2. The molecule has 0 spiro atoms. The van der Waals surface area contributed by atoms with Crippen LogP contribution in [0.15, 0.2) is 23.5 Å². The number of alkyl halides is 2. The quantitative estimate of drug-likeness (QED) is 0.214. The van der Waals surface area contributed by atoms with E-state index in [0.29, 0.717) is 22.5 Å². The maximum atomic E-state index is 13.4. The zero-order valence-corrected chi connectivity index (χ0v) is 19.5. The Bertz CT molecular complexity index is 697. The normalized spacial score (nSPS) is 17.0. The Labute approximate surface area is 171 Å². The van der Waals surface area contributed by atoms with Crippen molar-refractivity contribution in [3.63, 3.8) is 0 Å². The van der Waals surface area contributed by atoms with E-state index in [-0.39, 0.29) is 54.5 Å². The van der Waals surface area contributed by atoms with Gasteiger partial charge in [-0.15, -0.1) is 0 Å². The molecule has 1 heterocycles. The summed E-state index contributed by atoms with van der Waals surface area (Å²) in [6, 6.07) is 3.93. The molecule has 6 heteroatoms. The molecular weight excluding hydrogens is 542 g/mol. The minimum absolute atomic E-state index is 0.0737. The van der Waals surface area contributed by atoms with Gasteiger partial charge in [0.25, 0.3) is 0 Å². The topological polar surface area (TPSA) is 40.6 Å². The summed E-state index contributed by atoms with van der Waals surface area (Å²) in [6.07, 6.45) is 2.26. The summed E-state index contributed by atoms with van der Waals surface area (Å²) in [5.74, 6) is 0.147. The molecule has 1 aromatic carbocycles. The first-order chi connectivity index (χ1) is 12.0. The number of allylic oxidation sites excluding steroid dienone is 2. The number of aryl methyl sites for hydroxylation is 2. The van der Waals surface area contributed by atoms with Crippen molar-refractivity contribution in [1.82, 2.24) is 6.23 Å². The third-order valence-corrected chi connectivity index (χ3v) is 10.6. The van der Waals surface area contributed by atoms with Gasteiger partial charge in [-0.05, 0) is 0 Å². The number of carbonyl (C=O) groups is 2. The predicted molar refractivity (Wildman–Crippen MR) is 90.5 cm³/mol. The second-order valence-electron chi connectivity index (χ2n) is 6.29. The first-order valence-corrected chi connectivity index (χ1v) is 13.7. The molecule has 1 aromatic rings. The van der Waals surface area contributed by atoms with Gasteiger partial charge in [0.05, 0.1) is 0 Å². The number of halogens is 2. The molecule has 0 N–H and O–H groups in total. The average molecular weight is 566 g/mol. The van der Waals surface area contributed by atoms with Gasteiger partial charge in [-0.25, -0.2) is 0 Å². The van der Waals surface area contributed by atoms with Crippen LogP contribution in [0.3, 0.4) is 0 Å². The van der Waals surface area contributed by atoms with Gasteiger partial charge in [0, 0.05) is 0 Å². The van der Waals surface area contributed by atoms with E-state index in [1.807, 2.05) is 26.0 Å². The predicted octanol–water partition coefficient (Wildman–Crippen LogP) is -2.70. The molecule has 0 saturated heterocycles. The Morgan fingerprint density at radius 1 is 0.840 bits per heavy atom. The molecule has 138 valence electrons. The number of nitrogens with zero attached hydrogens (tertiary/aromatic N) is 2. The molecule has 0 saturated carbocycles. The van der Waals surface area contributed by atoms with Crippen molar-refractivity contribution >= 4 is 11.6 Å². The van der Waals surface area contributed by atoms with Crippen molar-refractivity contribution in [3.8, 4) is 0 Å². The van der Waals surface area contributed by atoms with E-state index in [0.717, 1.165) is 39.5 Å². The van der Waals surface area contributed by atoms with Crippen molar-refractivity contribution in [3.05, 3.63) is 45.8 Å². The van der Waals surface area contributed by atoms with E-state index in [1.54, 1.807) is 0 Å². The van der Waals surface area contributed by atoms with Crippen LogP contribution < -0.4 is 43.0 Å². The Balaban J connectivity index is 2.10. The number of ketones is 2. The summed E-state index contributed by atoms with van der Waals surface area (Å²) >= 11 is -0.489. The molecule has 1 aliphatic heterocycles. The van der Waals surface area contributed by atoms with Crippen LogP contribution in [0.2, 0.25) is 0 Å². The number of hydrogen-bond donors (Lipinski definition) is 0. The van der Waals surface area contributed by atoms with Gasteiger partial charge < -0.3 is 0 Å². The summed E-state index contributed by atoms with van der Waals surface area (Å²) < 4.78 is 6.82. The first kappa shape index (κ1) is 19.1. The fourth-order valence-electron chi connectivity index (χ4n) is 3.12. The summed E-state index contributed by atoms with van der Waals surface area (Å²) in [6.45, 7) is 9.01. The molecule has 4 nitrogen and oxygen atoms in total. The van der Waals surface area contributed by atoms with Gasteiger partial charge in [-0.2, -0.15) is 0 Å². The van der Waals surface area contributed by atoms with Gasteiger partial charge in [0.15, 0.2) is 0 Å². The molecule has 3 rings (SSSR count). The van der Waals surface area contributed by atoms with Crippen molar-refractivity contribution in [2.24, 2.45) is 0 Å². The molecule has 1 aliphatic carbocycles. The Kier molecular flexibility index (Phi) is 6.07. The third kappa shape index (κ3) is 3.36. The molecule has 25 heavy (non-hydrogen) atoms. The van der Waals surface area contributed by atoms with Crippen molar-refractivity contribution in [2.45, 2.75) is 40.5 Å². The van der Waals surface area contributed by atoms with Crippen LogP contribution >= 0.6 is 0 Å². The van der Waals surface area contributed by atoms with E-state index in [2.05, 4.69) is 20.1 Å². The SMILES string of the molecule is CCC[I-]N1CN([I-]CCC)C2=C1C(=O)c1c(C)ccc(C)c1C2=O. The minimum atomic E-state index is -0.244. The van der Waals surface area contributed by atoms with Crippen LogP contribution in [0.25, 0.3) is 0 Å². The first-order valence-electron chi connectivity index (χ1n) is 8.69. The van der Waals surface area contributed by atoms with Gasteiger partial charge in [-0.1, -0.05) is 0 Å². The van der Waals surface area contributed by atoms with Gasteiger partial charge in [0.2, 0.25) is 0 Å². The van der Waals surface area contributed by atoms with Crippen LogP contribution in [0.1, 0.15) is 58.5 Å². The zero-order chi connectivity index (χ0) is 18.1. The molecule has 0 aromatic heterocycles. The number of benzene rings is 1. The summed E-state index contributed by atoms with van der Waals surface area (Å²) in [4.78, 5) is 26.7. The van der Waals surface area contributed by atoms with E-state index < -0.39 is 0 Å². The fraction of sp³-hybridized carbons (Fsp3) is 0.474. The van der Waals surface area contributed by atoms with E-state index >= 15 is 0 Å². The Morgan fingerprint density at radius 3 is 1.60 bits per heavy atom. The fourth-order valence-corrected chi connectivity index (χ4v) is 8.45. The second-order valence-corrected chi connectivity index (χ2v) is 12.1. The number of carbonyl (C=O) groups excluding carboxylic acids is 2. The standard InChI is InChI=1S/C19H24I2N2O2/c1-5-9-20-22-11-23(21-10-6-2)17-16(22)18(24)14-12(3)7-8-13(4)15(14)19(17)25/h7-8H,5-6,9-11H2,1-4H3/q-2. The molecule has 0 fully saturated rings. The van der Waals surface area contributed by atoms with E-state index in [9.17, 15) is 9.59 Å². The Hall–Kier alpha value is -0.640. The van der Waals surface area contributed by atoms with Gasteiger partial charge in [0.1, 0.15) is 0 Å². The van der Waals surface area contributed by atoms with Gasteiger partial charge in [-0.3, -0.25) is 0 Å². The van der Waals surface area contributed by atoms with Crippen LogP contribution in [0.4, 0.5) is 0 Å². The van der Waals surface area contributed by atoms with Crippen molar-refractivity contribution in [1.29, 1.82) is 0 Å². The molecule has 0 unspecified atom stereocenters. The monoisotopic (exact) mass is 566 g/mol. The Morgan fingerprint density at radius 2 is 1.24 bits per heavy atom. The van der Waals surface area contributed by atoms with Crippen LogP contribution in [0, 0.1) is 13.8 Å². The number of hydrogen-bond acceptors (Lipinski definition) is 4. The molecular formula is C19H24I2N2O2-2. The van der Waals surface area contributed by atoms with Crippen LogP contribution in [-0.2, 0) is 0 Å². The molecule has 0 atom stereocenters. The van der Waals surface area contributed by atoms with E-state index in [4.69, 9.17) is 0 Å². The summed E-state index contributed by atoms with van der Waals surface area (Å²) in [5.41, 5.74) is 4.54. The second kappa shape index (κ2) is 7.94. The average Bonchev–Trinajstić information content (AvgIpc) is 2.97. The molecule has 0 bridgehead atoms. The summed E-state index contributed by atoms with van der Waals surface area (Å²) in [5, 5.41) is 0. The van der Waals surface area contributed by atoms with Crippen molar-refractivity contribution in [2.75, 3.05) is 15.5 Å². The van der Waals surface area contributed by atoms with Crippen LogP contribution in [-0.4, -0.2) is 33.3 Å². The molecule has 0 radical (unpaired) electrons. The van der Waals surface area contributed by atoms with Crippen LogP contribution in [0.5, 0.6) is 0 Å². The molecule has 2 aliphatic rings. The number of rotatable bonds is 6. The van der Waals surface area contributed by atoms with E-state index in [1.165, 1.54) is 0 Å². The molecule has 0 amide bonds. The van der Waals surface area contributed by atoms with Gasteiger partial charge >= 0.3 is 172 Å².